The molecule has 0 saturated heterocycles. The highest BCUT2D eigenvalue weighted by atomic mass is 35.5. The standard InChI is InChI=1S/C14H19ClFNO2S/c1-10(2)9-17(12-4-5-12)20(18,19)14-7-11(8-15)3-6-13(14)16/h3,6-7,10,12H,4-5,8-9H2,1-2H3. The Labute approximate surface area is 124 Å². The summed E-state index contributed by atoms with van der Waals surface area (Å²) >= 11 is 5.71. The second-order valence-electron chi connectivity index (χ2n) is 5.60. The van der Waals surface area contributed by atoms with Crippen molar-refractivity contribution in [2.75, 3.05) is 6.54 Å². The van der Waals surface area contributed by atoms with E-state index >= 15 is 0 Å². The quantitative estimate of drug-likeness (QED) is 0.754. The number of hydrogen-bond donors (Lipinski definition) is 0. The Hall–Kier alpha value is -0.650. The van der Waals surface area contributed by atoms with E-state index in [1.54, 1.807) is 0 Å². The molecule has 1 aliphatic rings. The number of nitrogens with zero attached hydrogens (tertiary/aromatic N) is 1. The van der Waals surface area contributed by atoms with Crippen LogP contribution in [0.5, 0.6) is 0 Å². The Bertz CT molecular complexity index is 585. The molecule has 6 heteroatoms. The van der Waals surface area contributed by atoms with E-state index in [1.165, 1.54) is 22.5 Å². The van der Waals surface area contributed by atoms with Gasteiger partial charge in [0.05, 0.1) is 0 Å². The third-order valence-electron chi connectivity index (χ3n) is 3.24. The van der Waals surface area contributed by atoms with E-state index in [0.717, 1.165) is 12.8 Å². The van der Waals surface area contributed by atoms with Gasteiger partial charge in [0.25, 0.3) is 0 Å². The van der Waals surface area contributed by atoms with Crippen molar-refractivity contribution in [3.8, 4) is 0 Å². The largest absolute Gasteiger partial charge is 0.246 e. The fourth-order valence-electron chi connectivity index (χ4n) is 2.12. The molecule has 0 heterocycles. The van der Waals surface area contributed by atoms with Gasteiger partial charge >= 0.3 is 0 Å². The maximum atomic E-state index is 13.9. The third kappa shape index (κ3) is 3.32. The highest BCUT2D eigenvalue weighted by Crippen LogP contribution is 2.33. The molecule has 1 aromatic rings. The first-order valence-electron chi connectivity index (χ1n) is 6.72. The maximum absolute atomic E-state index is 13.9. The van der Waals surface area contributed by atoms with Crippen LogP contribution in [0.25, 0.3) is 0 Å². The van der Waals surface area contributed by atoms with E-state index < -0.39 is 15.8 Å². The minimum atomic E-state index is -3.80. The fourth-order valence-corrected chi connectivity index (χ4v) is 4.25. The summed E-state index contributed by atoms with van der Waals surface area (Å²) in [4.78, 5) is -0.261. The van der Waals surface area contributed by atoms with Crippen LogP contribution in [0.15, 0.2) is 23.1 Å². The second-order valence-corrected chi connectivity index (χ2v) is 7.72. The van der Waals surface area contributed by atoms with E-state index in [2.05, 4.69) is 0 Å². The molecular weight excluding hydrogens is 301 g/mol. The number of halogens is 2. The van der Waals surface area contributed by atoms with Crippen LogP contribution in [-0.4, -0.2) is 25.3 Å². The average molecular weight is 320 g/mol. The number of sulfonamides is 1. The Kier molecular flexibility index (Phi) is 4.72. The van der Waals surface area contributed by atoms with Crippen LogP contribution in [0.3, 0.4) is 0 Å². The number of benzene rings is 1. The third-order valence-corrected chi connectivity index (χ3v) is 5.48. The second kappa shape index (κ2) is 6.00. The van der Waals surface area contributed by atoms with Crippen LogP contribution in [0.1, 0.15) is 32.3 Å². The monoisotopic (exact) mass is 319 g/mol. The predicted octanol–water partition coefficient (Wildman–Crippen LogP) is 3.37. The number of hydrogen-bond acceptors (Lipinski definition) is 2. The van der Waals surface area contributed by atoms with Gasteiger partial charge in [0.1, 0.15) is 10.7 Å². The summed E-state index contributed by atoms with van der Waals surface area (Å²) in [7, 11) is -3.80. The van der Waals surface area contributed by atoms with Gasteiger partial charge in [0.2, 0.25) is 10.0 Å². The molecule has 0 spiro atoms. The molecule has 0 aromatic heterocycles. The van der Waals surface area contributed by atoms with E-state index in [1.807, 2.05) is 13.8 Å². The maximum Gasteiger partial charge on any atom is 0.246 e. The Morgan fingerprint density at radius 3 is 2.55 bits per heavy atom. The fraction of sp³-hybridized carbons (Fsp3) is 0.571. The van der Waals surface area contributed by atoms with Crippen molar-refractivity contribution in [2.24, 2.45) is 5.92 Å². The molecule has 0 aliphatic heterocycles. The molecule has 1 fully saturated rings. The summed E-state index contributed by atoms with van der Waals surface area (Å²) in [6.07, 6.45) is 1.70. The summed E-state index contributed by atoms with van der Waals surface area (Å²) in [5.74, 6) is -0.353. The van der Waals surface area contributed by atoms with Gasteiger partial charge in [-0.05, 0) is 36.5 Å². The molecule has 0 bridgehead atoms. The Morgan fingerprint density at radius 2 is 2.05 bits per heavy atom. The zero-order chi connectivity index (χ0) is 14.9. The number of alkyl halides is 1. The zero-order valence-electron chi connectivity index (χ0n) is 11.6. The van der Waals surface area contributed by atoms with E-state index in [9.17, 15) is 12.8 Å². The molecule has 3 nitrogen and oxygen atoms in total. The van der Waals surface area contributed by atoms with Crippen LogP contribution in [-0.2, 0) is 15.9 Å². The van der Waals surface area contributed by atoms with E-state index in [4.69, 9.17) is 11.6 Å². The molecule has 0 amide bonds. The van der Waals surface area contributed by atoms with Crippen molar-refractivity contribution in [3.63, 3.8) is 0 Å². The van der Waals surface area contributed by atoms with Crippen molar-refractivity contribution in [2.45, 2.75) is 43.5 Å². The average Bonchev–Trinajstić information content (AvgIpc) is 3.20. The summed E-state index contributed by atoms with van der Waals surface area (Å²) in [5, 5.41) is 0. The minimum absolute atomic E-state index is 0.0152. The van der Waals surface area contributed by atoms with Crippen molar-refractivity contribution < 1.29 is 12.8 Å². The first-order chi connectivity index (χ1) is 9.36. The van der Waals surface area contributed by atoms with Crippen molar-refractivity contribution >= 4 is 21.6 Å². The highest BCUT2D eigenvalue weighted by molar-refractivity contribution is 7.89. The number of rotatable bonds is 6. The molecule has 0 atom stereocenters. The molecule has 20 heavy (non-hydrogen) atoms. The van der Waals surface area contributed by atoms with Crippen LogP contribution >= 0.6 is 11.6 Å². The lowest BCUT2D eigenvalue weighted by molar-refractivity contribution is 0.358. The van der Waals surface area contributed by atoms with Crippen molar-refractivity contribution in [3.05, 3.63) is 29.6 Å². The smallest absolute Gasteiger partial charge is 0.207 e. The van der Waals surface area contributed by atoms with Crippen LogP contribution < -0.4 is 0 Å². The molecule has 112 valence electrons. The van der Waals surface area contributed by atoms with E-state index in [0.29, 0.717) is 12.1 Å². The topological polar surface area (TPSA) is 37.4 Å². The normalized spacial score (nSPS) is 16.1. The molecule has 1 saturated carbocycles. The first-order valence-corrected chi connectivity index (χ1v) is 8.70. The van der Waals surface area contributed by atoms with E-state index in [-0.39, 0.29) is 22.7 Å². The van der Waals surface area contributed by atoms with Crippen LogP contribution in [0.2, 0.25) is 0 Å². The lowest BCUT2D eigenvalue weighted by Gasteiger charge is -2.24. The molecule has 0 N–H and O–H groups in total. The van der Waals surface area contributed by atoms with Crippen molar-refractivity contribution in [1.29, 1.82) is 0 Å². The van der Waals surface area contributed by atoms with Gasteiger partial charge in [-0.3, -0.25) is 0 Å². The summed E-state index contributed by atoms with van der Waals surface area (Å²) in [6.45, 7) is 4.32. The minimum Gasteiger partial charge on any atom is -0.207 e. The molecule has 1 aromatic carbocycles. The predicted molar refractivity (Wildman–Crippen MR) is 77.7 cm³/mol. The molecule has 2 rings (SSSR count). The lowest BCUT2D eigenvalue weighted by Crippen LogP contribution is -2.36. The summed E-state index contributed by atoms with van der Waals surface area (Å²) in [6, 6.07) is 4.03. The molecule has 0 unspecified atom stereocenters. The van der Waals surface area contributed by atoms with Gasteiger partial charge in [0.15, 0.2) is 0 Å². The van der Waals surface area contributed by atoms with Crippen LogP contribution in [0.4, 0.5) is 4.39 Å². The van der Waals surface area contributed by atoms with Gasteiger partial charge in [-0.2, -0.15) is 4.31 Å². The van der Waals surface area contributed by atoms with Gasteiger partial charge in [-0.25, -0.2) is 12.8 Å². The Balaban J connectivity index is 2.41. The zero-order valence-corrected chi connectivity index (χ0v) is 13.2. The Morgan fingerprint density at radius 1 is 1.40 bits per heavy atom. The summed E-state index contributed by atoms with van der Waals surface area (Å²) < 4.78 is 40.7. The summed E-state index contributed by atoms with van der Waals surface area (Å²) in [5.41, 5.74) is 0.604. The molecule has 0 radical (unpaired) electrons. The highest BCUT2D eigenvalue weighted by Gasteiger charge is 2.39. The first kappa shape index (κ1) is 15.7. The van der Waals surface area contributed by atoms with Gasteiger partial charge in [0, 0.05) is 18.5 Å². The van der Waals surface area contributed by atoms with Gasteiger partial charge < -0.3 is 0 Å². The molecule has 1 aliphatic carbocycles. The van der Waals surface area contributed by atoms with Crippen molar-refractivity contribution in [1.82, 2.24) is 4.31 Å². The van der Waals surface area contributed by atoms with Gasteiger partial charge in [-0.15, -0.1) is 11.6 Å². The van der Waals surface area contributed by atoms with Gasteiger partial charge in [-0.1, -0.05) is 19.9 Å². The lowest BCUT2D eigenvalue weighted by atomic mass is 10.2. The van der Waals surface area contributed by atoms with Crippen LogP contribution in [0, 0.1) is 11.7 Å². The molecular formula is C14H19ClFNO2S. The SMILES string of the molecule is CC(C)CN(C1CC1)S(=O)(=O)c1cc(CCl)ccc1F.